The van der Waals surface area contributed by atoms with Crippen molar-refractivity contribution in [1.29, 1.82) is 0 Å². The molecule has 0 rings (SSSR count). The van der Waals surface area contributed by atoms with Gasteiger partial charge in [0.2, 0.25) is 0 Å². The van der Waals surface area contributed by atoms with Crippen molar-refractivity contribution in [3.05, 3.63) is 0 Å². The van der Waals surface area contributed by atoms with Gasteiger partial charge in [-0.3, -0.25) is 14.4 Å². The Morgan fingerprint density at radius 3 is 1.00 bits per heavy atom. The molecular formula is C13H24O3Si. The molecule has 0 amide bonds. The van der Waals surface area contributed by atoms with Crippen LogP contribution >= 0.6 is 0 Å². The summed E-state index contributed by atoms with van der Waals surface area (Å²) in [6, 6.07) is 0. The highest BCUT2D eigenvalue weighted by Gasteiger charge is 2.48. The molecule has 0 spiro atoms. The first-order valence-electron chi connectivity index (χ1n) is 6.19. The predicted octanol–water partition coefficient (Wildman–Crippen LogP) is 1.19. The van der Waals surface area contributed by atoms with Crippen molar-refractivity contribution >= 4 is 27.6 Å². The highest BCUT2D eigenvalue weighted by atomic mass is 28.1. The molecule has 0 bridgehead atoms. The van der Waals surface area contributed by atoms with Crippen LogP contribution in [0.4, 0.5) is 0 Å². The van der Waals surface area contributed by atoms with E-state index in [2.05, 4.69) is 0 Å². The molecule has 0 aromatic rings. The van der Waals surface area contributed by atoms with E-state index in [-0.39, 0.29) is 45.3 Å². The molecule has 0 aliphatic rings. The molecule has 0 aromatic heterocycles. The van der Waals surface area contributed by atoms with Crippen molar-refractivity contribution in [2.45, 2.75) is 46.6 Å². The van der Waals surface area contributed by atoms with Gasteiger partial charge in [-0.15, -0.1) is 0 Å². The maximum absolute atomic E-state index is 12.2. The van der Waals surface area contributed by atoms with Gasteiger partial charge < -0.3 is 0 Å². The largest absolute Gasteiger partial charge is 0.298 e. The van der Waals surface area contributed by atoms with Gasteiger partial charge in [0.05, 0.1) is 0 Å². The van der Waals surface area contributed by atoms with Gasteiger partial charge in [-0.05, 0) is 0 Å². The maximum Gasteiger partial charge on any atom is 0.152 e. The van der Waals surface area contributed by atoms with E-state index in [9.17, 15) is 14.4 Å². The van der Waals surface area contributed by atoms with Gasteiger partial charge in [0.1, 0.15) is 5.04 Å². The second-order valence-electron chi connectivity index (χ2n) is 5.68. The quantitative estimate of drug-likeness (QED) is 0.530. The van der Waals surface area contributed by atoms with E-state index in [1.54, 1.807) is 41.5 Å². The topological polar surface area (TPSA) is 51.2 Å². The normalized spacial score (nSPS) is 12.5. The van der Waals surface area contributed by atoms with Gasteiger partial charge in [-0.1, -0.05) is 41.5 Å². The lowest BCUT2D eigenvalue weighted by molar-refractivity contribution is -0.142. The van der Waals surface area contributed by atoms with Crippen LogP contribution in [0.3, 0.4) is 0 Å². The first kappa shape index (κ1) is 16.2. The van der Waals surface area contributed by atoms with E-state index in [4.69, 9.17) is 0 Å². The number of Topliss-reactive ketones (excluding diaryl/α,β-unsaturated/α-hetero) is 3. The molecular weight excluding hydrogens is 232 g/mol. The Labute approximate surface area is 107 Å². The van der Waals surface area contributed by atoms with Crippen LogP contribution in [0.5, 0.6) is 0 Å². The summed E-state index contributed by atoms with van der Waals surface area (Å²) in [6.45, 7) is 10.5. The highest BCUT2D eigenvalue weighted by molar-refractivity contribution is 6.54. The summed E-state index contributed by atoms with van der Waals surface area (Å²) >= 11 is 0. The van der Waals surface area contributed by atoms with Crippen LogP contribution in [0, 0.1) is 17.8 Å². The number of carbonyl (C=O) groups excluding carboxylic acids is 3. The van der Waals surface area contributed by atoms with Gasteiger partial charge in [0, 0.05) is 28.0 Å². The van der Waals surface area contributed by atoms with Crippen molar-refractivity contribution in [3.8, 4) is 0 Å². The van der Waals surface area contributed by atoms with E-state index < -0.39 is 5.04 Å². The van der Waals surface area contributed by atoms with Crippen LogP contribution in [0.1, 0.15) is 41.5 Å². The summed E-state index contributed by atoms with van der Waals surface area (Å²) in [7, 11) is 0.265. The Morgan fingerprint density at radius 2 is 0.882 bits per heavy atom. The fourth-order valence-electron chi connectivity index (χ4n) is 2.10. The monoisotopic (exact) mass is 256 g/mol. The van der Waals surface area contributed by atoms with E-state index in [1.807, 2.05) is 0 Å². The molecule has 0 radical (unpaired) electrons. The van der Waals surface area contributed by atoms with Crippen molar-refractivity contribution in [1.82, 2.24) is 0 Å². The van der Waals surface area contributed by atoms with E-state index in [1.165, 1.54) is 0 Å². The molecule has 98 valence electrons. The van der Waals surface area contributed by atoms with E-state index in [0.29, 0.717) is 0 Å². The minimum Gasteiger partial charge on any atom is -0.298 e. The highest BCUT2D eigenvalue weighted by Crippen LogP contribution is 2.34. The Kier molecular flexibility index (Phi) is 5.45. The number of hydrogen-bond donors (Lipinski definition) is 0. The first-order chi connectivity index (χ1) is 7.56. The third-order valence-corrected chi connectivity index (χ3v) is 4.53. The Bertz CT molecular complexity index is 279. The van der Waals surface area contributed by atoms with Crippen LogP contribution in [-0.4, -0.2) is 27.6 Å². The summed E-state index contributed by atoms with van der Waals surface area (Å²) in [5.74, 6) is -1.46. The second kappa shape index (κ2) is 5.71. The zero-order valence-electron chi connectivity index (χ0n) is 12.0. The molecule has 0 saturated heterocycles. The van der Waals surface area contributed by atoms with E-state index >= 15 is 0 Å². The minimum atomic E-state index is -1.34. The van der Waals surface area contributed by atoms with Crippen LogP contribution in [0.2, 0.25) is 5.04 Å². The predicted molar refractivity (Wildman–Crippen MR) is 72.2 cm³/mol. The van der Waals surface area contributed by atoms with E-state index in [0.717, 1.165) is 0 Å². The SMILES string of the molecule is CC(C)C(=O)C([SiH3])(C(=O)C(C)C)C(=O)C(C)C. The van der Waals surface area contributed by atoms with Crippen LogP contribution in [0.15, 0.2) is 0 Å². The standard InChI is InChI=1S/C13H24O3Si/c1-7(2)10(14)13(17,11(15)8(3)4)12(16)9(5)6/h7-9H,1-6,17H3. The van der Waals surface area contributed by atoms with Crippen molar-refractivity contribution < 1.29 is 14.4 Å². The number of rotatable bonds is 6. The summed E-state index contributed by atoms with van der Waals surface area (Å²) in [4.78, 5) is 36.7. The van der Waals surface area contributed by atoms with Crippen molar-refractivity contribution in [2.75, 3.05) is 0 Å². The summed E-state index contributed by atoms with van der Waals surface area (Å²) < 4.78 is 0. The zero-order valence-corrected chi connectivity index (χ0v) is 14.0. The number of hydrogen-bond acceptors (Lipinski definition) is 3. The summed E-state index contributed by atoms with van der Waals surface area (Å²) in [5, 5.41) is -1.34. The minimum absolute atomic E-state index is 0.207. The van der Waals surface area contributed by atoms with Gasteiger partial charge in [-0.25, -0.2) is 0 Å². The molecule has 0 fully saturated rings. The molecule has 0 aliphatic carbocycles. The maximum atomic E-state index is 12.2. The lowest BCUT2D eigenvalue weighted by atomic mass is 9.79. The first-order valence-corrected chi connectivity index (χ1v) is 7.19. The summed E-state index contributed by atoms with van der Waals surface area (Å²) in [5.41, 5.74) is 0. The Hall–Kier alpha value is -0.773. The van der Waals surface area contributed by atoms with Crippen LogP contribution < -0.4 is 0 Å². The molecule has 0 aliphatic heterocycles. The van der Waals surface area contributed by atoms with Gasteiger partial charge in [0.25, 0.3) is 0 Å². The fourth-order valence-corrected chi connectivity index (χ4v) is 3.83. The zero-order chi connectivity index (χ0) is 14.0. The third-order valence-electron chi connectivity index (χ3n) is 3.05. The molecule has 17 heavy (non-hydrogen) atoms. The molecule has 0 unspecified atom stereocenters. The van der Waals surface area contributed by atoms with Crippen LogP contribution in [-0.2, 0) is 14.4 Å². The van der Waals surface area contributed by atoms with Gasteiger partial charge in [-0.2, -0.15) is 0 Å². The fraction of sp³-hybridized carbons (Fsp3) is 0.769. The van der Waals surface area contributed by atoms with Crippen molar-refractivity contribution in [2.24, 2.45) is 17.8 Å². The third kappa shape index (κ3) is 3.12. The average molecular weight is 256 g/mol. The average Bonchev–Trinajstić information content (AvgIpc) is 2.24. The van der Waals surface area contributed by atoms with Crippen molar-refractivity contribution in [3.63, 3.8) is 0 Å². The van der Waals surface area contributed by atoms with Gasteiger partial charge in [0.15, 0.2) is 17.3 Å². The van der Waals surface area contributed by atoms with Gasteiger partial charge >= 0.3 is 0 Å². The molecule has 0 aromatic carbocycles. The molecule has 3 nitrogen and oxygen atoms in total. The molecule has 0 heterocycles. The Morgan fingerprint density at radius 1 is 0.706 bits per heavy atom. The lowest BCUT2D eigenvalue weighted by Gasteiger charge is -2.30. The molecule has 0 atom stereocenters. The smallest absolute Gasteiger partial charge is 0.152 e. The Balaban J connectivity index is 5.60. The summed E-state index contributed by atoms with van der Waals surface area (Å²) in [6.07, 6.45) is 0. The molecule has 4 heteroatoms. The number of ketones is 3. The lowest BCUT2D eigenvalue weighted by Crippen LogP contribution is -2.46. The number of carbonyl (C=O) groups is 3. The van der Waals surface area contributed by atoms with Crippen LogP contribution in [0.25, 0.3) is 0 Å². The molecule has 0 saturated carbocycles. The molecule has 0 N–H and O–H groups in total. The second-order valence-corrected chi connectivity index (χ2v) is 7.18.